The average molecular weight is 365 g/mol. The Kier molecular flexibility index (Phi) is 5.71. The van der Waals surface area contributed by atoms with Gasteiger partial charge in [0.05, 0.1) is 16.3 Å². The summed E-state index contributed by atoms with van der Waals surface area (Å²) in [6.45, 7) is 3.24. The highest BCUT2D eigenvalue weighted by Crippen LogP contribution is 2.23. The van der Waals surface area contributed by atoms with Gasteiger partial charge in [-0.1, -0.05) is 23.2 Å². The van der Waals surface area contributed by atoms with E-state index in [1.807, 2.05) is 0 Å². The summed E-state index contributed by atoms with van der Waals surface area (Å²) in [6, 6.07) is 4.74. The van der Waals surface area contributed by atoms with E-state index >= 15 is 0 Å². The first kappa shape index (κ1) is 17.5. The Hall–Kier alpha value is -0.820. The Morgan fingerprint density at radius 2 is 1.91 bits per heavy atom. The minimum atomic E-state index is -3.22. The van der Waals surface area contributed by atoms with Gasteiger partial charge in [-0.15, -0.1) is 0 Å². The standard InChI is InChI=1S/C14H18Cl2N2O3S/c1-2-22(20,21)18-7-3-6-17(8-9-18)14(19)12-5-4-11(15)10-13(12)16/h4-5,10H,2-3,6-9H2,1H3. The highest BCUT2D eigenvalue weighted by atomic mass is 35.5. The van der Waals surface area contributed by atoms with E-state index in [-0.39, 0.29) is 11.7 Å². The third-order valence-corrected chi connectivity index (χ3v) is 6.09. The Labute approximate surface area is 140 Å². The maximum absolute atomic E-state index is 12.5. The van der Waals surface area contributed by atoms with Crippen molar-refractivity contribution < 1.29 is 13.2 Å². The van der Waals surface area contributed by atoms with E-state index in [0.717, 1.165) is 0 Å². The van der Waals surface area contributed by atoms with E-state index in [4.69, 9.17) is 23.2 Å². The third-order valence-electron chi connectivity index (χ3n) is 3.66. The number of hydrogen-bond donors (Lipinski definition) is 0. The zero-order valence-electron chi connectivity index (χ0n) is 12.3. The Morgan fingerprint density at radius 3 is 2.55 bits per heavy atom. The smallest absolute Gasteiger partial charge is 0.255 e. The molecule has 0 atom stereocenters. The molecule has 0 N–H and O–H groups in total. The minimum Gasteiger partial charge on any atom is -0.337 e. The van der Waals surface area contributed by atoms with Crippen LogP contribution in [0.25, 0.3) is 0 Å². The van der Waals surface area contributed by atoms with Crippen LogP contribution in [0.15, 0.2) is 18.2 Å². The van der Waals surface area contributed by atoms with Crippen LogP contribution in [0.2, 0.25) is 10.0 Å². The fourth-order valence-corrected chi connectivity index (χ4v) is 4.01. The van der Waals surface area contributed by atoms with Crippen molar-refractivity contribution in [3.8, 4) is 0 Å². The van der Waals surface area contributed by atoms with E-state index in [1.165, 1.54) is 10.4 Å². The van der Waals surface area contributed by atoms with Crippen molar-refractivity contribution in [3.05, 3.63) is 33.8 Å². The Bertz CT molecular complexity index is 664. The summed E-state index contributed by atoms with van der Waals surface area (Å²) in [4.78, 5) is 14.2. The maximum atomic E-state index is 12.5. The molecule has 1 aliphatic rings. The van der Waals surface area contributed by atoms with Gasteiger partial charge in [-0.3, -0.25) is 4.79 Å². The zero-order valence-corrected chi connectivity index (χ0v) is 14.6. The first-order valence-electron chi connectivity index (χ1n) is 7.07. The van der Waals surface area contributed by atoms with Crippen molar-refractivity contribution in [2.24, 2.45) is 0 Å². The van der Waals surface area contributed by atoms with Crippen LogP contribution in [-0.2, 0) is 10.0 Å². The summed E-state index contributed by atoms with van der Waals surface area (Å²) >= 11 is 11.9. The van der Waals surface area contributed by atoms with Crippen LogP contribution in [0.4, 0.5) is 0 Å². The number of sulfonamides is 1. The molecule has 2 rings (SSSR count). The topological polar surface area (TPSA) is 57.7 Å². The lowest BCUT2D eigenvalue weighted by atomic mass is 10.2. The minimum absolute atomic E-state index is 0.0734. The van der Waals surface area contributed by atoms with Gasteiger partial charge in [0, 0.05) is 31.2 Å². The van der Waals surface area contributed by atoms with Crippen LogP contribution in [-0.4, -0.2) is 55.5 Å². The highest BCUT2D eigenvalue weighted by Gasteiger charge is 2.26. The SMILES string of the molecule is CCS(=O)(=O)N1CCCN(C(=O)c2ccc(Cl)cc2Cl)CC1. The number of carbonyl (C=O) groups is 1. The van der Waals surface area contributed by atoms with Gasteiger partial charge < -0.3 is 4.90 Å². The molecule has 8 heteroatoms. The molecule has 0 spiro atoms. The van der Waals surface area contributed by atoms with Crippen LogP contribution >= 0.6 is 23.2 Å². The van der Waals surface area contributed by atoms with Gasteiger partial charge in [-0.2, -0.15) is 0 Å². The molecule has 0 aromatic heterocycles. The van der Waals surface area contributed by atoms with Crippen molar-refractivity contribution >= 4 is 39.1 Å². The summed E-state index contributed by atoms with van der Waals surface area (Å²) in [7, 11) is -3.22. The molecule has 1 fully saturated rings. The molecule has 0 aliphatic carbocycles. The predicted octanol–water partition coefficient (Wildman–Crippen LogP) is 2.49. The van der Waals surface area contributed by atoms with Gasteiger partial charge in [-0.05, 0) is 31.5 Å². The van der Waals surface area contributed by atoms with Crippen molar-refractivity contribution in [3.63, 3.8) is 0 Å². The van der Waals surface area contributed by atoms with Crippen molar-refractivity contribution in [2.75, 3.05) is 31.9 Å². The van der Waals surface area contributed by atoms with Gasteiger partial charge in [-0.25, -0.2) is 12.7 Å². The summed E-state index contributed by atoms with van der Waals surface area (Å²) < 4.78 is 25.3. The fraction of sp³-hybridized carbons (Fsp3) is 0.500. The molecular formula is C14H18Cl2N2O3S. The van der Waals surface area contributed by atoms with Crippen LogP contribution in [0.1, 0.15) is 23.7 Å². The molecule has 5 nitrogen and oxygen atoms in total. The Morgan fingerprint density at radius 1 is 1.18 bits per heavy atom. The Balaban J connectivity index is 2.12. The lowest BCUT2D eigenvalue weighted by molar-refractivity contribution is 0.0764. The number of halogens is 2. The van der Waals surface area contributed by atoms with Crippen molar-refractivity contribution in [1.29, 1.82) is 0 Å². The molecule has 0 unspecified atom stereocenters. The maximum Gasteiger partial charge on any atom is 0.255 e. The summed E-state index contributed by atoms with van der Waals surface area (Å²) in [5.74, 6) is -0.123. The molecule has 0 radical (unpaired) electrons. The van der Waals surface area contributed by atoms with Crippen molar-refractivity contribution in [2.45, 2.75) is 13.3 Å². The van der Waals surface area contributed by atoms with Crippen LogP contribution in [0, 0.1) is 0 Å². The molecule has 1 amide bonds. The second-order valence-corrected chi connectivity index (χ2v) is 8.17. The molecule has 122 valence electrons. The largest absolute Gasteiger partial charge is 0.337 e. The van der Waals surface area contributed by atoms with Crippen molar-refractivity contribution in [1.82, 2.24) is 9.21 Å². The first-order chi connectivity index (χ1) is 10.3. The second-order valence-electron chi connectivity index (χ2n) is 5.07. The van der Waals surface area contributed by atoms with Gasteiger partial charge in [0.25, 0.3) is 5.91 Å². The van der Waals surface area contributed by atoms with Crippen LogP contribution in [0.5, 0.6) is 0 Å². The summed E-state index contributed by atoms with van der Waals surface area (Å²) in [6.07, 6.45) is 0.607. The summed E-state index contributed by atoms with van der Waals surface area (Å²) in [5.41, 5.74) is 0.387. The molecule has 0 saturated carbocycles. The van der Waals surface area contributed by atoms with E-state index in [9.17, 15) is 13.2 Å². The molecular weight excluding hydrogens is 347 g/mol. The number of carbonyl (C=O) groups excluding carboxylic acids is 1. The number of benzene rings is 1. The van der Waals surface area contributed by atoms with Crippen LogP contribution < -0.4 is 0 Å². The van der Waals surface area contributed by atoms with E-state index in [2.05, 4.69) is 0 Å². The first-order valence-corrected chi connectivity index (χ1v) is 9.44. The number of rotatable bonds is 3. The van der Waals surface area contributed by atoms with E-state index < -0.39 is 10.0 Å². The lowest BCUT2D eigenvalue weighted by Gasteiger charge is -2.22. The van der Waals surface area contributed by atoms with Crippen LogP contribution in [0.3, 0.4) is 0 Å². The quantitative estimate of drug-likeness (QED) is 0.827. The monoisotopic (exact) mass is 364 g/mol. The number of amides is 1. The predicted molar refractivity (Wildman–Crippen MR) is 88.0 cm³/mol. The number of hydrogen-bond acceptors (Lipinski definition) is 3. The molecule has 1 saturated heterocycles. The van der Waals surface area contributed by atoms with Gasteiger partial charge in [0.1, 0.15) is 0 Å². The molecule has 1 aromatic carbocycles. The molecule has 1 heterocycles. The fourth-order valence-electron chi connectivity index (χ4n) is 2.39. The van der Waals surface area contributed by atoms with E-state index in [0.29, 0.717) is 48.2 Å². The molecule has 1 aromatic rings. The summed E-state index contributed by atoms with van der Waals surface area (Å²) in [5, 5.41) is 0.775. The van der Waals surface area contributed by atoms with Gasteiger partial charge >= 0.3 is 0 Å². The molecule has 1 aliphatic heterocycles. The lowest BCUT2D eigenvalue weighted by Crippen LogP contribution is -2.38. The second kappa shape index (κ2) is 7.17. The highest BCUT2D eigenvalue weighted by molar-refractivity contribution is 7.89. The average Bonchev–Trinajstić information content (AvgIpc) is 2.73. The molecule has 0 bridgehead atoms. The third kappa shape index (κ3) is 3.93. The zero-order chi connectivity index (χ0) is 16.3. The van der Waals surface area contributed by atoms with Gasteiger partial charge in [0.15, 0.2) is 0 Å². The van der Waals surface area contributed by atoms with E-state index in [1.54, 1.807) is 24.0 Å². The molecule has 22 heavy (non-hydrogen) atoms. The normalized spacial score (nSPS) is 17.3. The number of nitrogens with zero attached hydrogens (tertiary/aromatic N) is 2. The van der Waals surface area contributed by atoms with Gasteiger partial charge in [0.2, 0.25) is 10.0 Å².